The first-order chi connectivity index (χ1) is 12.5. The van der Waals surface area contributed by atoms with E-state index in [-0.39, 0.29) is 16.8 Å². The zero-order valence-corrected chi connectivity index (χ0v) is 15.6. The quantitative estimate of drug-likeness (QED) is 0.874. The van der Waals surface area contributed by atoms with E-state index in [2.05, 4.69) is 10.3 Å². The second-order valence-corrected chi connectivity index (χ2v) is 8.38. The Morgan fingerprint density at radius 2 is 2.08 bits per heavy atom. The van der Waals surface area contributed by atoms with Crippen molar-refractivity contribution in [3.05, 3.63) is 59.9 Å². The van der Waals surface area contributed by atoms with Crippen LogP contribution >= 0.6 is 0 Å². The maximum Gasteiger partial charge on any atom is 0.251 e. The first kappa shape index (κ1) is 18.5. The van der Waals surface area contributed by atoms with Gasteiger partial charge in [0.1, 0.15) is 0 Å². The average molecular weight is 373 g/mol. The lowest BCUT2D eigenvalue weighted by Gasteiger charge is -2.32. The van der Waals surface area contributed by atoms with Crippen LogP contribution in [0.15, 0.2) is 53.6 Å². The summed E-state index contributed by atoms with van der Waals surface area (Å²) in [5.74, 6) is -0.320. The number of rotatable bonds is 5. The molecule has 26 heavy (non-hydrogen) atoms. The van der Waals surface area contributed by atoms with E-state index in [1.807, 2.05) is 19.1 Å². The molecule has 6 nitrogen and oxygen atoms in total. The highest BCUT2D eigenvalue weighted by Crippen LogP contribution is 2.25. The van der Waals surface area contributed by atoms with Crippen molar-refractivity contribution in [3.8, 4) is 0 Å². The van der Waals surface area contributed by atoms with E-state index in [4.69, 9.17) is 0 Å². The van der Waals surface area contributed by atoms with E-state index in [1.54, 1.807) is 34.8 Å². The molecule has 0 aliphatic carbocycles. The molecule has 2 heterocycles. The largest absolute Gasteiger partial charge is 0.346 e. The van der Waals surface area contributed by atoms with Gasteiger partial charge in [-0.3, -0.25) is 9.78 Å². The third kappa shape index (κ3) is 4.11. The van der Waals surface area contributed by atoms with Crippen molar-refractivity contribution in [2.45, 2.75) is 43.7 Å². The summed E-state index contributed by atoms with van der Waals surface area (Å²) in [6.45, 7) is 2.75. The average Bonchev–Trinajstić information content (AvgIpc) is 2.67. The third-order valence-electron chi connectivity index (χ3n) is 4.60. The lowest BCUT2D eigenvalue weighted by Crippen LogP contribution is -2.42. The number of nitrogens with one attached hydrogen (secondary N) is 1. The van der Waals surface area contributed by atoms with Crippen LogP contribution in [0.2, 0.25) is 0 Å². The number of benzene rings is 1. The Hall–Kier alpha value is -2.25. The number of pyridine rings is 1. The molecular weight excluding hydrogens is 350 g/mol. The van der Waals surface area contributed by atoms with E-state index in [9.17, 15) is 13.2 Å². The van der Waals surface area contributed by atoms with Gasteiger partial charge in [0.25, 0.3) is 5.91 Å². The molecule has 0 unspecified atom stereocenters. The molecule has 3 rings (SSSR count). The lowest BCUT2D eigenvalue weighted by molar-refractivity contribution is 0.0950. The minimum atomic E-state index is -3.59. The number of hydrogen-bond acceptors (Lipinski definition) is 4. The molecule has 0 saturated carbocycles. The highest BCUT2D eigenvalue weighted by Gasteiger charge is 2.31. The zero-order valence-electron chi connectivity index (χ0n) is 14.8. The van der Waals surface area contributed by atoms with Gasteiger partial charge in [0.15, 0.2) is 0 Å². The van der Waals surface area contributed by atoms with Crippen LogP contribution in [0.3, 0.4) is 0 Å². The molecule has 1 aliphatic heterocycles. The summed E-state index contributed by atoms with van der Waals surface area (Å²) < 4.78 is 27.4. The topological polar surface area (TPSA) is 79.4 Å². The maximum absolute atomic E-state index is 12.9. The normalized spacial score (nSPS) is 18.4. The van der Waals surface area contributed by atoms with Crippen LogP contribution in [0, 0.1) is 0 Å². The molecule has 1 atom stereocenters. The monoisotopic (exact) mass is 373 g/mol. The fourth-order valence-corrected chi connectivity index (χ4v) is 4.88. The minimum Gasteiger partial charge on any atom is -0.346 e. The number of sulfonamides is 1. The molecule has 2 aromatic rings. The summed E-state index contributed by atoms with van der Waals surface area (Å²) in [7, 11) is -3.59. The van der Waals surface area contributed by atoms with Gasteiger partial charge in [-0.2, -0.15) is 4.31 Å². The van der Waals surface area contributed by atoms with E-state index in [0.29, 0.717) is 18.7 Å². The molecule has 0 radical (unpaired) electrons. The van der Waals surface area contributed by atoms with Crippen LogP contribution < -0.4 is 5.32 Å². The summed E-state index contributed by atoms with van der Waals surface area (Å²) in [5.41, 5.74) is 1.07. The fraction of sp³-hybridized carbons (Fsp3) is 0.368. The SMILES string of the molecule is C[C@@H]1CCCCN1S(=O)(=O)c1cccc(C(=O)NCc2ccccn2)c1. The highest BCUT2D eigenvalue weighted by molar-refractivity contribution is 7.89. The summed E-state index contributed by atoms with van der Waals surface area (Å²) in [6, 6.07) is 11.7. The summed E-state index contributed by atoms with van der Waals surface area (Å²) in [6.07, 6.45) is 4.44. The standard InChI is InChI=1S/C19H23N3O3S/c1-15-7-3-5-12-22(15)26(24,25)18-10-6-8-16(13-18)19(23)21-14-17-9-2-4-11-20-17/h2,4,6,8-11,13,15H,3,5,7,12,14H2,1H3,(H,21,23)/t15-/m1/s1. The molecule has 0 spiro atoms. The predicted octanol–water partition coefficient (Wildman–Crippen LogP) is 2.57. The molecule has 0 bridgehead atoms. The molecule has 1 N–H and O–H groups in total. The number of hydrogen-bond donors (Lipinski definition) is 1. The molecule has 1 amide bonds. The van der Waals surface area contributed by atoms with Crippen molar-refractivity contribution in [1.29, 1.82) is 0 Å². The molecule has 7 heteroatoms. The molecule has 1 aromatic carbocycles. The Morgan fingerprint density at radius 3 is 2.81 bits per heavy atom. The number of piperidine rings is 1. The number of carbonyl (C=O) groups is 1. The zero-order chi connectivity index (χ0) is 18.6. The summed E-state index contributed by atoms with van der Waals surface area (Å²) >= 11 is 0. The molecule has 1 aromatic heterocycles. The number of amides is 1. The minimum absolute atomic E-state index is 0.0182. The Balaban J connectivity index is 1.76. The van der Waals surface area contributed by atoms with Crippen LogP contribution in [0.5, 0.6) is 0 Å². The number of carbonyl (C=O) groups excluding carboxylic acids is 1. The Bertz CT molecular complexity index is 869. The van der Waals surface area contributed by atoms with Crippen molar-refractivity contribution in [2.24, 2.45) is 0 Å². The second kappa shape index (κ2) is 7.97. The fourth-order valence-electron chi connectivity index (χ4n) is 3.14. The first-order valence-corrected chi connectivity index (χ1v) is 10.2. The smallest absolute Gasteiger partial charge is 0.251 e. The predicted molar refractivity (Wildman–Crippen MR) is 99.1 cm³/mol. The van der Waals surface area contributed by atoms with Gasteiger partial charge in [0.2, 0.25) is 10.0 Å². The highest BCUT2D eigenvalue weighted by atomic mass is 32.2. The molecule has 1 fully saturated rings. The lowest BCUT2D eigenvalue weighted by atomic mass is 10.1. The van der Waals surface area contributed by atoms with Crippen molar-refractivity contribution >= 4 is 15.9 Å². The number of aromatic nitrogens is 1. The van der Waals surface area contributed by atoms with E-state index >= 15 is 0 Å². The first-order valence-electron chi connectivity index (χ1n) is 8.78. The maximum atomic E-state index is 12.9. The Morgan fingerprint density at radius 1 is 1.23 bits per heavy atom. The Labute approximate surface area is 154 Å². The van der Waals surface area contributed by atoms with Crippen molar-refractivity contribution in [1.82, 2.24) is 14.6 Å². The van der Waals surface area contributed by atoms with Crippen molar-refractivity contribution in [3.63, 3.8) is 0 Å². The van der Waals surface area contributed by atoms with Gasteiger partial charge in [-0.15, -0.1) is 0 Å². The van der Waals surface area contributed by atoms with Gasteiger partial charge < -0.3 is 5.32 Å². The van der Waals surface area contributed by atoms with Gasteiger partial charge in [-0.1, -0.05) is 18.6 Å². The van der Waals surface area contributed by atoms with E-state index < -0.39 is 10.0 Å². The van der Waals surface area contributed by atoms with Crippen LogP contribution in [0.4, 0.5) is 0 Å². The van der Waals surface area contributed by atoms with E-state index in [1.165, 1.54) is 6.07 Å². The summed E-state index contributed by atoms with van der Waals surface area (Å²) in [4.78, 5) is 16.7. The van der Waals surface area contributed by atoms with Crippen LogP contribution in [-0.4, -0.2) is 36.2 Å². The van der Waals surface area contributed by atoms with Gasteiger partial charge in [0.05, 0.1) is 17.1 Å². The van der Waals surface area contributed by atoms with Crippen LogP contribution in [0.1, 0.15) is 42.2 Å². The van der Waals surface area contributed by atoms with Gasteiger partial charge in [-0.25, -0.2) is 8.42 Å². The van der Waals surface area contributed by atoms with E-state index in [0.717, 1.165) is 25.0 Å². The molecular formula is C19H23N3O3S. The summed E-state index contributed by atoms with van der Waals surface area (Å²) in [5, 5.41) is 2.77. The van der Waals surface area contributed by atoms with Gasteiger partial charge >= 0.3 is 0 Å². The second-order valence-electron chi connectivity index (χ2n) is 6.49. The van der Waals surface area contributed by atoms with Crippen molar-refractivity contribution in [2.75, 3.05) is 6.54 Å². The molecule has 138 valence electrons. The van der Waals surface area contributed by atoms with Crippen LogP contribution in [0.25, 0.3) is 0 Å². The van der Waals surface area contributed by atoms with Crippen molar-refractivity contribution < 1.29 is 13.2 Å². The Kier molecular flexibility index (Phi) is 5.68. The van der Waals surface area contributed by atoms with Gasteiger partial charge in [-0.05, 0) is 50.1 Å². The van der Waals surface area contributed by atoms with Gasteiger partial charge in [0, 0.05) is 24.3 Å². The van der Waals surface area contributed by atoms with Crippen LogP contribution in [-0.2, 0) is 16.6 Å². The third-order valence-corrected chi connectivity index (χ3v) is 6.61. The molecule has 1 saturated heterocycles. The number of nitrogens with zero attached hydrogens (tertiary/aromatic N) is 2. The molecule has 1 aliphatic rings.